The van der Waals surface area contributed by atoms with Crippen molar-refractivity contribution < 1.29 is 9.18 Å². The molecule has 2 aromatic carbocycles. The molecule has 0 aliphatic rings. The van der Waals surface area contributed by atoms with E-state index in [4.69, 9.17) is 5.73 Å². The van der Waals surface area contributed by atoms with Crippen molar-refractivity contribution in [2.45, 2.75) is 19.9 Å². The third kappa shape index (κ3) is 3.67. The third-order valence-corrected chi connectivity index (χ3v) is 3.37. The molecule has 1 amide bonds. The van der Waals surface area contributed by atoms with Crippen LogP contribution in [0.25, 0.3) is 0 Å². The van der Waals surface area contributed by atoms with Crippen LogP contribution in [0.3, 0.4) is 0 Å². The van der Waals surface area contributed by atoms with Gasteiger partial charge in [0, 0.05) is 13.1 Å². The predicted molar refractivity (Wildman–Crippen MR) is 82.5 cm³/mol. The average Bonchev–Trinajstić information content (AvgIpc) is 2.50. The van der Waals surface area contributed by atoms with E-state index in [9.17, 15) is 9.18 Å². The third-order valence-electron chi connectivity index (χ3n) is 3.37. The molecule has 0 heterocycles. The lowest BCUT2D eigenvalue weighted by molar-refractivity contribution is -0.118. The van der Waals surface area contributed by atoms with Crippen molar-refractivity contribution in [1.29, 1.82) is 0 Å². The van der Waals surface area contributed by atoms with Gasteiger partial charge in [0.15, 0.2) is 0 Å². The summed E-state index contributed by atoms with van der Waals surface area (Å²) >= 11 is 0. The summed E-state index contributed by atoms with van der Waals surface area (Å²) in [5.74, 6) is -0.505. The van der Waals surface area contributed by atoms with Gasteiger partial charge in [-0.3, -0.25) is 4.79 Å². The first kappa shape index (κ1) is 15.2. The zero-order valence-electron chi connectivity index (χ0n) is 12.1. The van der Waals surface area contributed by atoms with E-state index in [1.807, 2.05) is 31.2 Å². The molecule has 2 rings (SSSR count). The highest BCUT2D eigenvalue weighted by molar-refractivity contribution is 5.94. The molecule has 0 saturated heterocycles. The van der Waals surface area contributed by atoms with Gasteiger partial charge in [-0.15, -0.1) is 0 Å². The lowest BCUT2D eigenvalue weighted by Gasteiger charge is -2.21. The fraction of sp³-hybridized carbons (Fsp3) is 0.235. The number of halogens is 1. The molecule has 0 atom stereocenters. The standard InChI is InChI=1S/C17H19FN2O/c1-2-20(16-6-4-3-5-15(16)18)17(21)11-13-7-9-14(12-19)10-8-13/h3-10H,2,11-12,19H2,1H3. The lowest BCUT2D eigenvalue weighted by Crippen LogP contribution is -2.32. The highest BCUT2D eigenvalue weighted by Crippen LogP contribution is 2.19. The Morgan fingerprint density at radius 3 is 2.29 bits per heavy atom. The molecular weight excluding hydrogens is 267 g/mol. The number of carbonyl (C=O) groups excluding carboxylic acids is 1. The predicted octanol–water partition coefficient (Wildman–Crippen LogP) is 2.88. The first-order valence-corrected chi connectivity index (χ1v) is 6.98. The maximum Gasteiger partial charge on any atom is 0.231 e. The molecule has 3 nitrogen and oxygen atoms in total. The summed E-state index contributed by atoms with van der Waals surface area (Å²) in [6.07, 6.45) is 0.243. The maximum atomic E-state index is 13.8. The molecule has 0 aliphatic heterocycles. The van der Waals surface area contributed by atoms with Crippen LogP contribution in [-0.4, -0.2) is 12.5 Å². The van der Waals surface area contributed by atoms with Gasteiger partial charge in [0.25, 0.3) is 0 Å². The summed E-state index contributed by atoms with van der Waals surface area (Å²) in [4.78, 5) is 13.8. The Bertz CT molecular complexity index is 610. The smallest absolute Gasteiger partial charge is 0.231 e. The number of carbonyl (C=O) groups is 1. The molecule has 110 valence electrons. The normalized spacial score (nSPS) is 10.4. The van der Waals surface area contributed by atoms with E-state index < -0.39 is 0 Å². The Morgan fingerprint density at radius 2 is 1.71 bits per heavy atom. The lowest BCUT2D eigenvalue weighted by atomic mass is 10.1. The van der Waals surface area contributed by atoms with Crippen molar-refractivity contribution >= 4 is 11.6 Å². The number of para-hydroxylation sites is 1. The number of amides is 1. The summed E-state index contributed by atoms with van der Waals surface area (Å²) in [5.41, 5.74) is 7.79. The first-order valence-electron chi connectivity index (χ1n) is 6.98. The molecular formula is C17H19FN2O. The number of hydrogen-bond donors (Lipinski definition) is 1. The monoisotopic (exact) mass is 286 g/mol. The summed E-state index contributed by atoms with van der Waals surface area (Å²) in [7, 11) is 0. The van der Waals surface area contributed by atoms with E-state index in [-0.39, 0.29) is 18.1 Å². The zero-order chi connectivity index (χ0) is 15.2. The Kier molecular flexibility index (Phi) is 5.06. The fourth-order valence-corrected chi connectivity index (χ4v) is 2.21. The Balaban J connectivity index is 2.15. The molecule has 0 spiro atoms. The van der Waals surface area contributed by atoms with Crippen LogP contribution in [-0.2, 0) is 17.8 Å². The molecule has 0 saturated carbocycles. The molecule has 0 fully saturated rings. The van der Waals surface area contributed by atoms with Crippen LogP contribution in [0.15, 0.2) is 48.5 Å². The quantitative estimate of drug-likeness (QED) is 0.918. The fourth-order valence-electron chi connectivity index (χ4n) is 2.21. The van der Waals surface area contributed by atoms with Gasteiger partial charge in [-0.1, -0.05) is 36.4 Å². The van der Waals surface area contributed by atoms with Crippen molar-refractivity contribution in [3.05, 3.63) is 65.5 Å². The van der Waals surface area contributed by atoms with Gasteiger partial charge in [0.2, 0.25) is 5.91 Å². The van der Waals surface area contributed by atoms with Crippen LogP contribution in [0.2, 0.25) is 0 Å². The molecule has 0 bridgehead atoms. The van der Waals surface area contributed by atoms with Gasteiger partial charge in [-0.2, -0.15) is 0 Å². The number of rotatable bonds is 5. The number of nitrogens with zero attached hydrogens (tertiary/aromatic N) is 1. The molecule has 0 aliphatic carbocycles. The second-order valence-corrected chi connectivity index (χ2v) is 4.79. The summed E-state index contributed by atoms with van der Waals surface area (Å²) in [6.45, 7) is 2.74. The average molecular weight is 286 g/mol. The van der Waals surface area contributed by atoms with Crippen LogP contribution in [0.4, 0.5) is 10.1 Å². The van der Waals surface area contributed by atoms with Crippen LogP contribution in [0.1, 0.15) is 18.1 Å². The topological polar surface area (TPSA) is 46.3 Å². The van der Waals surface area contributed by atoms with Crippen LogP contribution in [0, 0.1) is 5.82 Å². The van der Waals surface area contributed by atoms with Crippen molar-refractivity contribution in [3.63, 3.8) is 0 Å². The van der Waals surface area contributed by atoms with Crippen molar-refractivity contribution in [1.82, 2.24) is 0 Å². The Morgan fingerprint density at radius 1 is 1.10 bits per heavy atom. The Labute approximate surface area is 124 Å². The first-order chi connectivity index (χ1) is 10.2. The maximum absolute atomic E-state index is 13.8. The molecule has 0 radical (unpaired) electrons. The number of nitrogens with two attached hydrogens (primary N) is 1. The zero-order valence-corrected chi connectivity index (χ0v) is 12.1. The van der Waals surface area contributed by atoms with E-state index in [0.29, 0.717) is 18.8 Å². The minimum absolute atomic E-state index is 0.122. The summed E-state index contributed by atoms with van der Waals surface area (Å²) in [6, 6.07) is 13.9. The SMILES string of the molecule is CCN(C(=O)Cc1ccc(CN)cc1)c1ccccc1F. The van der Waals surface area contributed by atoms with Crippen molar-refractivity contribution in [2.75, 3.05) is 11.4 Å². The summed E-state index contributed by atoms with van der Waals surface area (Å²) in [5, 5.41) is 0. The molecule has 2 aromatic rings. The van der Waals surface area contributed by atoms with Crippen molar-refractivity contribution in [2.24, 2.45) is 5.73 Å². The molecule has 2 N–H and O–H groups in total. The van der Waals surface area contributed by atoms with Crippen molar-refractivity contribution in [3.8, 4) is 0 Å². The number of hydrogen-bond acceptors (Lipinski definition) is 2. The van der Waals surface area contributed by atoms with E-state index in [2.05, 4.69) is 0 Å². The van der Waals surface area contributed by atoms with Gasteiger partial charge in [-0.25, -0.2) is 4.39 Å². The second-order valence-electron chi connectivity index (χ2n) is 4.79. The summed E-state index contributed by atoms with van der Waals surface area (Å²) < 4.78 is 13.8. The number of likely N-dealkylation sites (N-methyl/N-ethyl adjacent to an activating group) is 1. The highest BCUT2D eigenvalue weighted by Gasteiger charge is 2.17. The minimum atomic E-state index is -0.383. The highest BCUT2D eigenvalue weighted by atomic mass is 19.1. The van der Waals surface area contributed by atoms with E-state index >= 15 is 0 Å². The molecule has 0 unspecified atom stereocenters. The van der Waals surface area contributed by atoms with Gasteiger partial charge >= 0.3 is 0 Å². The molecule has 4 heteroatoms. The second kappa shape index (κ2) is 6.99. The van der Waals surface area contributed by atoms with E-state index in [1.54, 1.807) is 18.2 Å². The van der Waals surface area contributed by atoms with Gasteiger partial charge in [0.05, 0.1) is 12.1 Å². The number of anilines is 1. The number of benzene rings is 2. The van der Waals surface area contributed by atoms with Gasteiger partial charge in [0.1, 0.15) is 5.82 Å². The minimum Gasteiger partial charge on any atom is -0.326 e. The van der Waals surface area contributed by atoms with Crippen LogP contribution < -0.4 is 10.6 Å². The molecule has 21 heavy (non-hydrogen) atoms. The molecule has 0 aromatic heterocycles. The van der Waals surface area contributed by atoms with E-state index in [0.717, 1.165) is 11.1 Å². The largest absolute Gasteiger partial charge is 0.326 e. The van der Waals surface area contributed by atoms with Gasteiger partial charge in [-0.05, 0) is 30.2 Å². The van der Waals surface area contributed by atoms with E-state index in [1.165, 1.54) is 11.0 Å². The van der Waals surface area contributed by atoms with Crippen LogP contribution >= 0.6 is 0 Å². The Hall–Kier alpha value is -2.20. The van der Waals surface area contributed by atoms with Crippen LogP contribution in [0.5, 0.6) is 0 Å². The van der Waals surface area contributed by atoms with Gasteiger partial charge < -0.3 is 10.6 Å².